The van der Waals surface area contributed by atoms with E-state index in [0.29, 0.717) is 24.5 Å². The second-order valence-corrected chi connectivity index (χ2v) is 11.2. The van der Waals surface area contributed by atoms with Gasteiger partial charge in [0.15, 0.2) is 0 Å². The third kappa shape index (κ3) is 3.41. The number of allylic oxidation sites excluding steroid dienone is 2. The summed E-state index contributed by atoms with van der Waals surface area (Å²) in [5, 5.41) is 12.2. The standard InChI is InChI=1S/C27H40O2/c1-21-11-16-26(17-12-21)25(4)15-8-14-24(2,3)23(25)13-18-27(26,28)20-29-19-22-9-6-5-7-10-22/h5-7,9-11,23,28H,8,12-20H2,1-4H3/t23-,25-,26+,27+/m0/s1. The van der Waals surface area contributed by atoms with Crippen molar-refractivity contribution in [1.29, 1.82) is 0 Å². The van der Waals surface area contributed by atoms with Gasteiger partial charge in [0.1, 0.15) is 0 Å². The summed E-state index contributed by atoms with van der Waals surface area (Å²) in [6.07, 6.45) is 11.5. The predicted octanol–water partition coefficient (Wildman–Crippen LogP) is 6.68. The zero-order valence-corrected chi connectivity index (χ0v) is 19.0. The maximum atomic E-state index is 12.2. The summed E-state index contributed by atoms with van der Waals surface area (Å²) < 4.78 is 6.22. The van der Waals surface area contributed by atoms with E-state index >= 15 is 0 Å². The number of ether oxygens (including phenoxy) is 1. The van der Waals surface area contributed by atoms with Gasteiger partial charge in [0.05, 0.1) is 18.8 Å². The Balaban J connectivity index is 1.64. The molecule has 3 aliphatic carbocycles. The first-order chi connectivity index (χ1) is 13.7. The molecule has 0 saturated heterocycles. The van der Waals surface area contributed by atoms with E-state index in [-0.39, 0.29) is 10.8 Å². The molecule has 0 bridgehead atoms. The second-order valence-electron chi connectivity index (χ2n) is 11.2. The van der Waals surface area contributed by atoms with E-state index in [1.807, 2.05) is 6.07 Å². The smallest absolute Gasteiger partial charge is 0.0944 e. The van der Waals surface area contributed by atoms with Gasteiger partial charge in [0, 0.05) is 5.41 Å². The van der Waals surface area contributed by atoms with E-state index in [2.05, 4.69) is 58.0 Å². The molecule has 1 N–H and O–H groups in total. The number of aliphatic hydroxyl groups is 1. The van der Waals surface area contributed by atoms with Crippen molar-refractivity contribution in [3.05, 3.63) is 47.5 Å². The third-order valence-corrected chi connectivity index (χ3v) is 9.26. The Labute approximate surface area is 177 Å². The second kappa shape index (κ2) is 7.54. The summed E-state index contributed by atoms with van der Waals surface area (Å²) in [5.41, 5.74) is 2.40. The van der Waals surface area contributed by atoms with Crippen LogP contribution < -0.4 is 0 Å². The summed E-state index contributed by atoms with van der Waals surface area (Å²) in [6.45, 7) is 10.8. The van der Waals surface area contributed by atoms with Crippen LogP contribution in [-0.2, 0) is 11.3 Å². The van der Waals surface area contributed by atoms with E-state index in [4.69, 9.17) is 4.74 Å². The summed E-state index contributed by atoms with van der Waals surface area (Å²) >= 11 is 0. The highest BCUT2D eigenvalue weighted by Gasteiger charge is 2.67. The van der Waals surface area contributed by atoms with E-state index in [1.165, 1.54) is 30.4 Å². The molecule has 4 atom stereocenters. The molecule has 0 unspecified atom stereocenters. The van der Waals surface area contributed by atoms with Gasteiger partial charge < -0.3 is 9.84 Å². The first-order valence-corrected chi connectivity index (χ1v) is 11.7. The predicted molar refractivity (Wildman–Crippen MR) is 120 cm³/mol. The molecule has 2 heteroatoms. The van der Waals surface area contributed by atoms with Crippen molar-refractivity contribution in [2.75, 3.05) is 6.61 Å². The minimum Gasteiger partial charge on any atom is -0.387 e. The van der Waals surface area contributed by atoms with Gasteiger partial charge in [-0.1, -0.05) is 69.2 Å². The molecular formula is C27H40O2. The lowest BCUT2D eigenvalue weighted by molar-refractivity contribution is -0.257. The number of hydrogen-bond donors (Lipinski definition) is 1. The number of hydrogen-bond acceptors (Lipinski definition) is 2. The Morgan fingerprint density at radius 2 is 1.79 bits per heavy atom. The van der Waals surface area contributed by atoms with Gasteiger partial charge in [-0.05, 0) is 74.2 Å². The Morgan fingerprint density at radius 3 is 2.48 bits per heavy atom. The van der Waals surface area contributed by atoms with Crippen LogP contribution in [0, 0.1) is 22.2 Å². The highest BCUT2D eigenvalue weighted by Crippen LogP contribution is 2.70. The lowest BCUT2D eigenvalue weighted by Crippen LogP contribution is -2.67. The molecule has 2 saturated carbocycles. The van der Waals surface area contributed by atoms with Gasteiger partial charge in [-0.25, -0.2) is 0 Å². The van der Waals surface area contributed by atoms with Gasteiger partial charge in [-0.15, -0.1) is 0 Å². The van der Waals surface area contributed by atoms with Crippen LogP contribution in [0.3, 0.4) is 0 Å². The average Bonchev–Trinajstić information content (AvgIpc) is 2.68. The minimum absolute atomic E-state index is 0.0726. The quantitative estimate of drug-likeness (QED) is 0.575. The molecule has 0 heterocycles. The number of benzene rings is 1. The maximum absolute atomic E-state index is 12.2. The molecule has 160 valence electrons. The Morgan fingerprint density at radius 1 is 1.03 bits per heavy atom. The van der Waals surface area contributed by atoms with Crippen LogP contribution in [-0.4, -0.2) is 17.3 Å². The van der Waals surface area contributed by atoms with Crippen molar-refractivity contribution in [3.63, 3.8) is 0 Å². The van der Waals surface area contributed by atoms with Crippen molar-refractivity contribution in [2.24, 2.45) is 22.2 Å². The molecule has 0 aromatic heterocycles. The van der Waals surface area contributed by atoms with Crippen LogP contribution in [0.15, 0.2) is 42.0 Å². The molecular weight excluding hydrogens is 356 g/mol. The molecule has 3 aliphatic rings. The van der Waals surface area contributed by atoms with Crippen LogP contribution in [0.2, 0.25) is 0 Å². The summed E-state index contributed by atoms with van der Waals surface area (Å²) in [5.74, 6) is 0.685. The van der Waals surface area contributed by atoms with Crippen LogP contribution in [0.5, 0.6) is 0 Å². The van der Waals surface area contributed by atoms with E-state index in [1.54, 1.807) is 0 Å². The molecule has 1 aromatic rings. The largest absolute Gasteiger partial charge is 0.387 e. The lowest BCUT2D eigenvalue weighted by atomic mass is 9.37. The summed E-state index contributed by atoms with van der Waals surface area (Å²) in [6, 6.07) is 10.4. The molecule has 1 spiro atoms. The summed E-state index contributed by atoms with van der Waals surface area (Å²) in [4.78, 5) is 0. The van der Waals surface area contributed by atoms with Gasteiger partial charge >= 0.3 is 0 Å². The van der Waals surface area contributed by atoms with Crippen molar-refractivity contribution in [1.82, 2.24) is 0 Å². The van der Waals surface area contributed by atoms with E-state index in [0.717, 1.165) is 32.1 Å². The monoisotopic (exact) mass is 396 g/mol. The van der Waals surface area contributed by atoms with Crippen molar-refractivity contribution in [3.8, 4) is 0 Å². The SMILES string of the molecule is CC1=CC[C@]2(CC1)[C@](O)(COCc1ccccc1)CC[C@H]1C(C)(C)CCC[C@@]12C. The minimum atomic E-state index is -0.738. The van der Waals surface area contributed by atoms with Gasteiger partial charge in [-0.3, -0.25) is 0 Å². The highest BCUT2D eigenvalue weighted by molar-refractivity contribution is 5.22. The molecule has 29 heavy (non-hydrogen) atoms. The number of rotatable bonds is 4. The van der Waals surface area contributed by atoms with Crippen molar-refractivity contribution >= 4 is 0 Å². The third-order valence-electron chi connectivity index (χ3n) is 9.26. The van der Waals surface area contributed by atoms with E-state index < -0.39 is 5.60 Å². The molecule has 2 nitrogen and oxygen atoms in total. The Hall–Kier alpha value is -1.12. The van der Waals surface area contributed by atoms with Crippen LogP contribution >= 0.6 is 0 Å². The fourth-order valence-electron chi connectivity index (χ4n) is 7.58. The zero-order chi connectivity index (χ0) is 20.8. The first kappa shape index (κ1) is 21.1. The molecule has 0 amide bonds. The van der Waals surface area contributed by atoms with Gasteiger partial charge in [-0.2, -0.15) is 0 Å². The number of fused-ring (bicyclic) bond motifs is 2. The van der Waals surface area contributed by atoms with Gasteiger partial charge in [0.2, 0.25) is 0 Å². The summed E-state index contributed by atoms with van der Waals surface area (Å²) in [7, 11) is 0. The first-order valence-electron chi connectivity index (χ1n) is 11.7. The fourth-order valence-corrected chi connectivity index (χ4v) is 7.58. The fraction of sp³-hybridized carbons (Fsp3) is 0.704. The topological polar surface area (TPSA) is 29.5 Å². The van der Waals surface area contributed by atoms with Crippen LogP contribution in [0.1, 0.15) is 84.6 Å². The van der Waals surface area contributed by atoms with Crippen molar-refractivity contribution in [2.45, 2.75) is 91.3 Å². The van der Waals surface area contributed by atoms with Crippen molar-refractivity contribution < 1.29 is 9.84 Å². The molecule has 4 rings (SSSR count). The van der Waals surface area contributed by atoms with Crippen LogP contribution in [0.4, 0.5) is 0 Å². The Kier molecular flexibility index (Phi) is 5.49. The molecule has 1 aromatic carbocycles. The molecule has 2 fully saturated rings. The maximum Gasteiger partial charge on any atom is 0.0944 e. The normalized spacial score (nSPS) is 39.1. The van der Waals surface area contributed by atoms with Gasteiger partial charge in [0.25, 0.3) is 0 Å². The molecule has 0 radical (unpaired) electrons. The van der Waals surface area contributed by atoms with E-state index in [9.17, 15) is 5.11 Å². The lowest BCUT2D eigenvalue weighted by Gasteiger charge is -2.68. The zero-order valence-electron chi connectivity index (χ0n) is 19.0. The van der Waals surface area contributed by atoms with Crippen LogP contribution in [0.25, 0.3) is 0 Å². The molecule has 0 aliphatic heterocycles. The highest BCUT2D eigenvalue weighted by atomic mass is 16.5. The average molecular weight is 397 g/mol. The Bertz CT molecular complexity index is 751.